The summed E-state index contributed by atoms with van der Waals surface area (Å²) in [5, 5.41) is 16.4. The average Bonchev–Trinajstić information content (AvgIpc) is 3.21. The van der Waals surface area contributed by atoms with Crippen LogP contribution in [0.15, 0.2) is 42.8 Å². The molecule has 3 aromatic rings. The first-order valence-electron chi connectivity index (χ1n) is 10.2. The molecule has 0 unspecified atom stereocenters. The Labute approximate surface area is 207 Å². The molecule has 9 nitrogen and oxygen atoms in total. The summed E-state index contributed by atoms with van der Waals surface area (Å²) >= 11 is 9.53. The number of benzene rings is 2. The highest BCUT2D eigenvalue weighted by Gasteiger charge is 2.36. The number of hydrogen-bond acceptors (Lipinski definition) is 7. The van der Waals surface area contributed by atoms with Gasteiger partial charge in [-0.15, -0.1) is 5.10 Å². The normalized spacial score (nSPS) is 17.6. The number of ether oxygens (including phenoxy) is 1. The second-order valence-corrected chi connectivity index (χ2v) is 10.8. The van der Waals surface area contributed by atoms with Crippen molar-refractivity contribution in [2.24, 2.45) is 0 Å². The fourth-order valence-electron chi connectivity index (χ4n) is 4.01. The Kier molecular flexibility index (Phi) is 6.89. The van der Waals surface area contributed by atoms with Crippen molar-refractivity contribution in [1.29, 1.82) is 0 Å². The van der Waals surface area contributed by atoms with Gasteiger partial charge in [-0.2, -0.15) is 4.72 Å². The average molecular weight is 577 g/mol. The topological polar surface area (TPSA) is 135 Å². The fourth-order valence-corrected chi connectivity index (χ4v) is 6.06. The van der Waals surface area contributed by atoms with E-state index in [9.17, 15) is 22.7 Å². The van der Waals surface area contributed by atoms with Crippen molar-refractivity contribution in [2.45, 2.75) is 43.2 Å². The molecule has 0 fully saturated rings. The Hall–Kier alpha value is -2.25. The number of sulfonamides is 1. The van der Waals surface area contributed by atoms with Crippen LogP contribution in [0.5, 0.6) is 5.75 Å². The third-order valence-electron chi connectivity index (χ3n) is 5.72. The van der Waals surface area contributed by atoms with E-state index in [-0.39, 0.29) is 45.7 Å². The second kappa shape index (κ2) is 9.42. The SMILES string of the molecule is Cc1c(Br)ccc(F)c1[C@@H](C)[C@H](NS(=O)(=O)c1ccc(Cl)c2c1OCC[C@H]2O)c1n[nH]c(=O)o1. The largest absolute Gasteiger partial charge is 0.492 e. The summed E-state index contributed by atoms with van der Waals surface area (Å²) in [4.78, 5) is 11.4. The molecule has 0 aliphatic carbocycles. The van der Waals surface area contributed by atoms with Crippen molar-refractivity contribution in [2.75, 3.05) is 6.61 Å². The van der Waals surface area contributed by atoms with Gasteiger partial charge in [0.2, 0.25) is 15.9 Å². The Morgan fingerprint density at radius 1 is 1.35 bits per heavy atom. The van der Waals surface area contributed by atoms with Crippen LogP contribution in [0.3, 0.4) is 0 Å². The molecule has 0 amide bonds. The van der Waals surface area contributed by atoms with Crippen LogP contribution in [0.2, 0.25) is 5.02 Å². The molecular formula is C21H20BrClFN3O6S. The van der Waals surface area contributed by atoms with Crippen LogP contribution in [0.1, 0.15) is 54.0 Å². The number of aromatic nitrogens is 2. The van der Waals surface area contributed by atoms with Gasteiger partial charge in [0, 0.05) is 22.4 Å². The van der Waals surface area contributed by atoms with Crippen LogP contribution in [0, 0.1) is 12.7 Å². The van der Waals surface area contributed by atoms with E-state index in [1.54, 1.807) is 13.8 Å². The predicted molar refractivity (Wildman–Crippen MR) is 124 cm³/mol. The zero-order valence-corrected chi connectivity index (χ0v) is 21.1. The number of hydrogen-bond donors (Lipinski definition) is 3. The van der Waals surface area contributed by atoms with Crippen LogP contribution in [-0.2, 0) is 10.0 Å². The van der Waals surface area contributed by atoms with E-state index < -0.39 is 39.7 Å². The van der Waals surface area contributed by atoms with Crippen LogP contribution < -0.4 is 15.2 Å². The number of nitrogens with one attached hydrogen (secondary N) is 2. The van der Waals surface area contributed by atoms with Crippen LogP contribution in [-0.4, -0.2) is 30.3 Å². The quantitative estimate of drug-likeness (QED) is 0.406. The Bertz CT molecular complexity index is 1410. The smallest absolute Gasteiger partial charge is 0.434 e. The summed E-state index contributed by atoms with van der Waals surface area (Å²) in [7, 11) is -4.36. The maximum absolute atomic E-state index is 14.8. The number of nitrogens with zero attached hydrogens (tertiary/aromatic N) is 1. The number of aliphatic hydroxyl groups is 1. The molecule has 34 heavy (non-hydrogen) atoms. The van der Waals surface area contributed by atoms with E-state index in [0.29, 0.717) is 10.0 Å². The monoisotopic (exact) mass is 575 g/mol. The highest BCUT2D eigenvalue weighted by molar-refractivity contribution is 9.10. The van der Waals surface area contributed by atoms with Gasteiger partial charge in [-0.1, -0.05) is 34.5 Å². The molecular weight excluding hydrogens is 557 g/mol. The van der Waals surface area contributed by atoms with Gasteiger partial charge in [-0.3, -0.25) is 0 Å². The highest BCUT2D eigenvalue weighted by atomic mass is 79.9. The highest BCUT2D eigenvalue weighted by Crippen LogP contribution is 2.43. The Balaban J connectivity index is 1.82. The van der Waals surface area contributed by atoms with Crippen molar-refractivity contribution in [1.82, 2.24) is 14.9 Å². The van der Waals surface area contributed by atoms with E-state index in [1.165, 1.54) is 24.3 Å². The standard InChI is InChI=1S/C21H20BrClFN3O6S/c1-9-11(22)3-5-13(24)16(9)10(2)18(20-25-26-21(29)33-20)27-34(30,31)15-6-4-12(23)17-14(28)7-8-32-19(15)17/h3-6,10,14,18,27-28H,7-8H2,1-2H3,(H,26,29)/t10-,14-,18+/m1/s1. The van der Waals surface area contributed by atoms with Gasteiger partial charge in [0.25, 0.3) is 0 Å². The first kappa shape index (κ1) is 24.9. The molecule has 0 bridgehead atoms. The summed E-state index contributed by atoms with van der Waals surface area (Å²) in [6, 6.07) is 4.11. The predicted octanol–water partition coefficient (Wildman–Crippen LogP) is 3.87. The first-order chi connectivity index (χ1) is 16.0. The fraction of sp³-hybridized carbons (Fsp3) is 0.333. The van der Waals surface area contributed by atoms with Crippen LogP contribution >= 0.6 is 27.5 Å². The summed E-state index contributed by atoms with van der Waals surface area (Å²) in [6.45, 7) is 3.35. The molecule has 3 atom stereocenters. The maximum atomic E-state index is 14.8. The number of fused-ring (bicyclic) bond motifs is 1. The Morgan fingerprint density at radius 2 is 2.09 bits per heavy atom. The molecule has 182 valence electrons. The van der Waals surface area contributed by atoms with Crippen molar-refractivity contribution < 1.29 is 27.1 Å². The molecule has 1 aromatic heterocycles. The zero-order valence-electron chi connectivity index (χ0n) is 17.9. The molecule has 0 saturated carbocycles. The molecule has 0 spiro atoms. The molecule has 1 aliphatic heterocycles. The van der Waals surface area contributed by atoms with Gasteiger partial charge in [0.15, 0.2) is 0 Å². The molecule has 1 aliphatic rings. The lowest BCUT2D eigenvalue weighted by atomic mass is 9.90. The van der Waals surface area contributed by atoms with E-state index in [0.717, 1.165) is 0 Å². The lowest BCUT2D eigenvalue weighted by Crippen LogP contribution is -2.33. The summed E-state index contributed by atoms with van der Waals surface area (Å²) in [6.07, 6.45) is -0.743. The van der Waals surface area contributed by atoms with Crippen molar-refractivity contribution in [3.05, 3.63) is 72.7 Å². The summed E-state index contributed by atoms with van der Waals surface area (Å²) in [5.41, 5.74) is 0.919. The van der Waals surface area contributed by atoms with E-state index in [2.05, 4.69) is 30.8 Å². The van der Waals surface area contributed by atoms with Gasteiger partial charge >= 0.3 is 5.76 Å². The number of aliphatic hydroxyl groups excluding tert-OH is 1. The first-order valence-corrected chi connectivity index (χ1v) is 12.8. The number of H-pyrrole nitrogens is 1. The summed E-state index contributed by atoms with van der Waals surface area (Å²) < 4.78 is 55.6. The minimum atomic E-state index is -4.36. The van der Waals surface area contributed by atoms with Gasteiger partial charge in [-0.05, 0) is 42.3 Å². The second-order valence-electron chi connectivity index (χ2n) is 7.85. The number of rotatable bonds is 6. The van der Waals surface area contributed by atoms with Gasteiger partial charge in [0.1, 0.15) is 22.5 Å². The van der Waals surface area contributed by atoms with Crippen molar-refractivity contribution in [3.8, 4) is 5.75 Å². The minimum absolute atomic E-state index is 0.0709. The Morgan fingerprint density at radius 3 is 2.76 bits per heavy atom. The van der Waals surface area contributed by atoms with Gasteiger partial charge < -0.3 is 14.3 Å². The number of halogens is 3. The minimum Gasteiger partial charge on any atom is -0.492 e. The van der Waals surface area contributed by atoms with Gasteiger partial charge in [0.05, 0.1) is 17.7 Å². The molecule has 0 radical (unpaired) electrons. The van der Waals surface area contributed by atoms with Gasteiger partial charge in [-0.25, -0.2) is 22.7 Å². The molecule has 3 N–H and O–H groups in total. The lowest BCUT2D eigenvalue weighted by molar-refractivity contribution is 0.113. The van der Waals surface area contributed by atoms with Crippen molar-refractivity contribution in [3.63, 3.8) is 0 Å². The molecule has 2 heterocycles. The number of aromatic amines is 1. The van der Waals surface area contributed by atoms with E-state index in [1.807, 2.05) is 0 Å². The lowest BCUT2D eigenvalue weighted by Gasteiger charge is -2.27. The molecule has 13 heteroatoms. The van der Waals surface area contributed by atoms with Crippen LogP contribution in [0.4, 0.5) is 4.39 Å². The third-order valence-corrected chi connectivity index (χ3v) is 8.37. The van der Waals surface area contributed by atoms with E-state index >= 15 is 0 Å². The van der Waals surface area contributed by atoms with Crippen molar-refractivity contribution >= 4 is 37.6 Å². The molecule has 0 saturated heterocycles. The molecule has 4 rings (SSSR count). The maximum Gasteiger partial charge on any atom is 0.434 e. The zero-order chi connectivity index (χ0) is 24.8. The molecule has 2 aromatic carbocycles. The third kappa shape index (κ3) is 4.52. The van der Waals surface area contributed by atoms with Crippen LogP contribution in [0.25, 0.3) is 0 Å². The summed E-state index contributed by atoms with van der Waals surface area (Å²) in [5.74, 6) is -2.66. The van der Waals surface area contributed by atoms with E-state index in [4.69, 9.17) is 20.8 Å².